The third-order valence-corrected chi connectivity index (χ3v) is 3.39. The first-order valence-electron chi connectivity index (χ1n) is 6.26. The Morgan fingerprint density at radius 3 is 2.56 bits per heavy atom. The molecule has 18 heavy (non-hydrogen) atoms. The van der Waals surface area contributed by atoms with Crippen LogP contribution >= 0.6 is 0 Å². The summed E-state index contributed by atoms with van der Waals surface area (Å²) < 4.78 is 10.7. The Hall–Kier alpha value is -1.71. The maximum absolute atomic E-state index is 12.0. The van der Waals surface area contributed by atoms with Crippen LogP contribution in [0.3, 0.4) is 0 Å². The minimum absolute atomic E-state index is 0.0758. The van der Waals surface area contributed by atoms with Gasteiger partial charge in [0.05, 0.1) is 19.8 Å². The van der Waals surface area contributed by atoms with Crippen LogP contribution in [0.1, 0.15) is 41.6 Å². The van der Waals surface area contributed by atoms with Gasteiger partial charge in [-0.3, -0.25) is 4.79 Å². The molecule has 2 rings (SSSR count). The van der Waals surface area contributed by atoms with Crippen LogP contribution in [0, 0.1) is 0 Å². The zero-order valence-electron chi connectivity index (χ0n) is 11.1. The lowest BCUT2D eigenvalue weighted by atomic mass is 9.86. The van der Waals surface area contributed by atoms with E-state index in [1.165, 1.54) is 0 Å². The standard InChI is InChI=1S/C14H19NO3/c1-4-5-9-8-15-14(16)13-11(18-3)7-6-10(17-2)12(9)13/h6-7,9H,4-5,8H2,1-3H3,(H,15,16). The van der Waals surface area contributed by atoms with Gasteiger partial charge >= 0.3 is 0 Å². The molecule has 1 amide bonds. The van der Waals surface area contributed by atoms with Crippen LogP contribution in [0.15, 0.2) is 12.1 Å². The number of hydrogen-bond donors (Lipinski definition) is 1. The average Bonchev–Trinajstić information content (AvgIpc) is 2.40. The molecule has 4 nitrogen and oxygen atoms in total. The monoisotopic (exact) mass is 249 g/mol. The van der Waals surface area contributed by atoms with Gasteiger partial charge in [-0.15, -0.1) is 0 Å². The molecular weight excluding hydrogens is 230 g/mol. The van der Waals surface area contributed by atoms with Gasteiger partial charge in [-0.05, 0) is 18.6 Å². The molecule has 1 N–H and O–H groups in total. The van der Waals surface area contributed by atoms with E-state index in [0.717, 1.165) is 24.2 Å². The minimum Gasteiger partial charge on any atom is -0.496 e. The lowest BCUT2D eigenvalue weighted by Crippen LogP contribution is -2.35. The van der Waals surface area contributed by atoms with E-state index in [2.05, 4.69) is 12.2 Å². The fourth-order valence-electron chi connectivity index (χ4n) is 2.57. The van der Waals surface area contributed by atoms with E-state index in [9.17, 15) is 4.79 Å². The lowest BCUT2D eigenvalue weighted by Gasteiger charge is -2.28. The highest BCUT2D eigenvalue weighted by molar-refractivity contribution is 6.00. The number of methoxy groups -OCH3 is 2. The molecule has 0 saturated heterocycles. The molecule has 0 radical (unpaired) electrons. The van der Waals surface area contributed by atoms with Crippen molar-refractivity contribution in [3.8, 4) is 11.5 Å². The number of amides is 1. The van der Waals surface area contributed by atoms with Gasteiger partial charge in [0.15, 0.2) is 0 Å². The summed E-state index contributed by atoms with van der Waals surface area (Å²) in [5.74, 6) is 1.61. The van der Waals surface area contributed by atoms with Crippen molar-refractivity contribution in [3.05, 3.63) is 23.3 Å². The normalized spacial score (nSPS) is 17.9. The van der Waals surface area contributed by atoms with Crippen LogP contribution in [0.4, 0.5) is 0 Å². The van der Waals surface area contributed by atoms with Crippen molar-refractivity contribution in [2.75, 3.05) is 20.8 Å². The predicted molar refractivity (Wildman–Crippen MR) is 69.5 cm³/mol. The number of benzene rings is 1. The zero-order valence-corrected chi connectivity index (χ0v) is 11.1. The Balaban J connectivity index is 2.59. The zero-order chi connectivity index (χ0) is 13.1. The molecule has 1 unspecified atom stereocenters. The third-order valence-electron chi connectivity index (χ3n) is 3.39. The molecule has 1 aromatic carbocycles. The minimum atomic E-state index is -0.0758. The van der Waals surface area contributed by atoms with Crippen LogP contribution in [0.2, 0.25) is 0 Å². The largest absolute Gasteiger partial charge is 0.496 e. The van der Waals surface area contributed by atoms with Gasteiger partial charge < -0.3 is 14.8 Å². The highest BCUT2D eigenvalue weighted by atomic mass is 16.5. The third kappa shape index (κ3) is 2.03. The van der Waals surface area contributed by atoms with Crippen molar-refractivity contribution >= 4 is 5.91 Å². The van der Waals surface area contributed by atoms with Gasteiger partial charge in [-0.1, -0.05) is 13.3 Å². The van der Waals surface area contributed by atoms with Crippen molar-refractivity contribution in [2.24, 2.45) is 0 Å². The van der Waals surface area contributed by atoms with E-state index < -0.39 is 0 Å². The highest BCUT2D eigenvalue weighted by Crippen LogP contribution is 2.39. The van der Waals surface area contributed by atoms with Gasteiger partial charge in [0.2, 0.25) is 0 Å². The summed E-state index contributed by atoms with van der Waals surface area (Å²) in [6, 6.07) is 3.66. The van der Waals surface area contributed by atoms with Crippen LogP contribution < -0.4 is 14.8 Å². The highest BCUT2D eigenvalue weighted by Gasteiger charge is 2.31. The molecule has 4 heteroatoms. The van der Waals surface area contributed by atoms with Crippen molar-refractivity contribution in [2.45, 2.75) is 25.7 Å². The topological polar surface area (TPSA) is 47.6 Å². The molecule has 1 heterocycles. The van der Waals surface area contributed by atoms with Gasteiger partial charge in [-0.25, -0.2) is 0 Å². The SMILES string of the molecule is CCCC1CNC(=O)c2c(OC)ccc(OC)c21. The van der Waals surface area contributed by atoms with E-state index in [-0.39, 0.29) is 5.91 Å². The Kier molecular flexibility index (Phi) is 3.75. The molecule has 1 aliphatic heterocycles. The molecule has 1 aromatic rings. The molecule has 0 saturated carbocycles. The number of carbonyl (C=O) groups excluding carboxylic acids is 1. The molecule has 0 bridgehead atoms. The summed E-state index contributed by atoms with van der Waals surface area (Å²) in [5.41, 5.74) is 1.61. The Labute approximate surface area is 107 Å². The summed E-state index contributed by atoms with van der Waals surface area (Å²) in [5, 5.41) is 2.92. The predicted octanol–water partition coefficient (Wildman–Crippen LogP) is 2.33. The number of carbonyl (C=O) groups is 1. The summed E-state index contributed by atoms with van der Waals surface area (Å²) in [6.07, 6.45) is 2.09. The number of ether oxygens (including phenoxy) is 2. The van der Waals surface area contributed by atoms with Gasteiger partial charge in [-0.2, -0.15) is 0 Å². The molecule has 98 valence electrons. The van der Waals surface area contributed by atoms with Crippen LogP contribution in [0.25, 0.3) is 0 Å². The maximum Gasteiger partial charge on any atom is 0.255 e. The van der Waals surface area contributed by atoms with Crippen molar-refractivity contribution in [1.29, 1.82) is 0 Å². The maximum atomic E-state index is 12.0. The molecule has 1 aliphatic rings. The second-order valence-electron chi connectivity index (χ2n) is 4.45. The quantitative estimate of drug-likeness (QED) is 0.891. The first-order valence-corrected chi connectivity index (χ1v) is 6.26. The van der Waals surface area contributed by atoms with Crippen LogP contribution in [-0.2, 0) is 0 Å². The van der Waals surface area contributed by atoms with Gasteiger partial charge in [0.25, 0.3) is 5.91 Å². The van der Waals surface area contributed by atoms with Gasteiger partial charge in [0, 0.05) is 18.0 Å². The van der Waals surface area contributed by atoms with Crippen molar-refractivity contribution < 1.29 is 14.3 Å². The smallest absolute Gasteiger partial charge is 0.255 e. The van der Waals surface area contributed by atoms with Crippen LogP contribution in [-0.4, -0.2) is 26.7 Å². The van der Waals surface area contributed by atoms with Crippen molar-refractivity contribution in [1.82, 2.24) is 5.32 Å². The van der Waals surface area contributed by atoms with Gasteiger partial charge in [0.1, 0.15) is 11.5 Å². The van der Waals surface area contributed by atoms with Crippen LogP contribution in [0.5, 0.6) is 11.5 Å². The number of hydrogen-bond acceptors (Lipinski definition) is 3. The Morgan fingerprint density at radius 1 is 1.28 bits per heavy atom. The Morgan fingerprint density at radius 2 is 1.94 bits per heavy atom. The van der Waals surface area contributed by atoms with E-state index in [0.29, 0.717) is 23.8 Å². The second-order valence-corrected chi connectivity index (χ2v) is 4.45. The fraction of sp³-hybridized carbons (Fsp3) is 0.500. The second kappa shape index (κ2) is 5.29. The molecule has 0 spiro atoms. The van der Waals surface area contributed by atoms with E-state index >= 15 is 0 Å². The van der Waals surface area contributed by atoms with E-state index in [1.807, 2.05) is 6.07 Å². The average molecular weight is 249 g/mol. The molecule has 0 aliphatic carbocycles. The first kappa shape index (κ1) is 12.7. The number of nitrogens with one attached hydrogen (secondary N) is 1. The fourth-order valence-corrected chi connectivity index (χ4v) is 2.57. The molecule has 0 fully saturated rings. The lowest BCUT2D eigenvalue weighted by molar-refractivity contribution is 0.0934. The number of rotatable bonds is 4. The van der Waals surface area contributed by atoms with Crippen molar-refractivity contribution in [3.63, 3.8) is 0 Å². The summed E-state index contributed by atoms with van der Waals surface area (Å²) in [6.45, 7) is 2.81. The molecule has 0 aromatic heterocycles. The Bertz CT molecular complexity index is 457. The molecule has 1 atom stereocenters. The molecular formula is C14H19NO3. The van der Waals surface area contributed by atoms with E-state index in [1.54, 1.807) is 20.3 Å². The summed E-state index contributed by atoms with van der Waals surface area (Å²) >= 11 is 0. The number of fused-ring (bicyclic) bond motifs is 1. The summed E-state index contributed by atoms with van der Waals surface area (Å²) in [4.78, 5) is 12.0. The summed E-state index contributed by atoms with van der Waals surface area (Å²) in [7, 11) is 3.22. The first-order chi connectivity index (χ1) is 8.72. The van der Waals surface area contributed by atoms with E-state index in [4.69, 9.17) is 9.47 Å².